The Kier molecular flexibility index (Phi) is 3.80. The molecule has 0 amide bonds. The highest BCUT2D eigenvalue weighted by Crippen LogP contribution is 2.32. The van der Waals surface area contributed by atoms with Gasteiger partial charge in [-0.15, -0.1) is 0 Å². The fourth-order valence-corrected chi connectivity index (χ4v) is 1.59. The summed E-state index contributed by atoms with van der Waals surface area (Å²) in [5, 5.41) is 10.6. The number of ether oxygens (including phenoxy) is 1. The van der Waals surface area contributed by atoms with E-state index < -0.39 is 28.0 Å². The third-order valence-electron chi connectivity index (χ3n) is 2.44. The molecule has 1 aromatic heterocycles. The minimum atomic E-state index is -1.19. The zero-order valence-corrected chi connectivity index (χ0v) is 10.8. The van der Waals surface area contributed by atoms with Crippen LogP contribution in [-0.4, -0.2) is 9.91 Å². The van der Waals surface area contributed by atoms with Gasteiger partial charge in [0.15, 0.2) is 11.6 Å². The quantitative estimate of drug-likeness (QED) is 0.488. The number of nitro groups is 1. The van der Waals surface area contributed by atoms with Crippen LogP contribution in [0.1, 0.15) is 5.56 Å². The van der Waals surface area contributed by atoms with Crippen molar-refractivity contribution in [3.63, 3.8) is 0 Å². The van der Waals surface area contributed by atoms with E-state index in [4.69, 9.17) is 16.3 Å². The number of rotatable bonds is 3. The summed E-state index contributed by atoms with van der Waals surface area (Å²) in [6.07, 6.45) is 1.40. The van der Waals surface area contributed by atoms with Gasteiger partial charge in [0.1, 0.15) is 10.9 Å². The Morgan fingerprint density at radius 1 is 1.25 bits per heavy atom. The molecule has 0 saturated carbocycles. The first kappa shape index (κ1) is 14.1. The highest BCUT2D eigenvalue weighted by Gasteiger charge is 2.20. The Balaban J connectivity index is 2.42. The Labute approximate surface area is 116 Å². The second-order valence-electron chi connectivity index (χ2n) is 3.87. The average Bonchev–Trinajstić information content (AvgIpc) is 2.37. The van der Waals surface area contributed by atoms with Crippen molar-refractivity contribution >= 4 is 17.3 Å². The van der Waals surface area contributed by atoms with Gasteiger partial charge in [-0.05, 0) is 6.92 Å². The van der Waals surface area contributed by atoms with Crippen molar-refractivity contribution in [3.8, 4) is 11.5 Å². The Morgan fingerprint density at radius 3 is 2.60 bits per heavy atom. The standard InChI is InChI=1S/C12H7ClF2N2O3/c1-6-5-16-12(13)4-10(6)20-11-3-7(14)9(17(18)19)2-8(11)15/h2-5H,1H3. The summed E-state index contributed by atoms with van der Waals surface area (Å²) in [5.41, 5.74) is -0.410. The van der Waals surface area contributed by atoms with Crippen LogP contribution in [0.15, 0.2) is 24.4 Å². The molecule has 0 N–H and O–H groups in total. The topological polar surface area (TPSA) is 65.3 Å². The maximum atomic E-state index is 13.7. The molecule has 0 aliphatic heterocycles. The van der Waals surface area contributed by atoms with Gasteiger partial charge >= 0.3 is 5.69 Å². The predicted molar refractivity (Wildman–Crippen MR) is 67.1 cm³/mol. The smallest absolute Gasteiger partial charge is 0.307 e. The molecule has 1 aromatic carbocycles. The molecule has 20 heavy (non-hydrogen) atoms. The number of nitrogens with zero attached hydrogens (tertiary/aromatic N) is 2. The molecule has 5 nitrogen and oxygen atoms in total. The van der Waals surface area contributed by atoms with Gasteiger partial charge in [-0.3, -0.25) is 10.1 Å². The molecule has 8 heteroatoms. The van der Waals surface area contributed by atoms with E-state index in [0.29, 0.717) is 17.7 Å². The lowest BCUT2D eigenvalue weighted by Gasteiger charge is -2.09. The molecule has 0 aliphatic carbocycles. The van der Waals surface area contributed by atoms with E-state index in [-0.39, 0.29) is 10.9 Å². The summed E-state index contributed by atoms with van der Waals surface area (Å²) in [6.45, 7) is 1.64. The number of pyridine rings is 1. The zero-order chi connectivity index (χ0) is 14.9. The molecule has 104 valence electrons. The number of aromatic nitrogens is 1. The van der Waals surface area contributed by atoms with Crippen molar-refractivity contribution in [2.45, 2.75) is 6.92 Å². The first-order valence-electron chi connectivity index (χ1n) is 5.32. The minimum Gasteiger partial charge on any atom is -0.454 e. The monoisotopic (exact) mass is 300 g/mol. The van der Waals surface area contributed by atoms with E-state index >= 15 is 0 Å². The lowest BCUT2D eigenvalue weighted by molar-refractivity contribution is -0.387. The first-order valence-corrected chi connectivity index (χ1v) is 5.69. The van der Waals surface area contributed by atoms with Crippen LogP contribution in [-0.2, 0) is 0 Å². The molecule has 1 heterocycles. The van der Waals surface area contributed by atoms with Crippen molar-refractivity contribution in [1.82, 2.24) is 4.98 Å². The van der Waals surface area contributed by atoms with Crippen LogP contribution in [0.3, 0.4) is 0 Å². The Bertz CT molecular complexity index is 695. The molecule has 2 aromatic rings. The van der Waals surface area contributed by atoms with E-state index in [1.165, 1.54) is 12.3 Å². The summed E-state index contributed by atoms with van der Waals surface area (Å²) < 4.78 is 32.3. The fraction of sp³-hybridized carbons (Fsp3) is 0.0833. The van der Waals surface area contributed by atoms with Crippen LogP contribution in [0.4, 0.5) is 14.5 Å². The SMILES string of the molecule is Cc1cnc(Cl)cc1Oc1cc(F)c([N+](=O)[O-])cc1F. The number of benzene rings is 1. The summed E-state index contributed by atoms with van der Waals surface area (Å²) >= 11 is 5.67. The molecule has 0 spiro atoms. The maximum Gasteiger partial charge on any atom is 0.307 e. The van der Waals surface area contributed by atoms with Crippen LogP contribution in [0.5, 0.6) is 11.5 Å². The number of aryl methyl sites for hydroxylation is 1. The molecule has 0 unspecified atom stereocenters. The molecule has 0 radical (unpaired) electrons. The number of hydrogen-bond donors (Lipinski definition) is 0. The van der Waals surface area contributed by atoms with Crippen LogP contribution >= 0.6 is 11.6 Å². The molecule has 2 rings (SSSR count). The normalized spacial score (nSPS) is 10.4. The second kappa shape index (κ2) is 5.38. The van der Waals surface area contributed by atoms with E-state index in [2.05, 4.69) is 4.98 Å². The summed E-state index contributed by atoms with van der Waals surface area (Å²) in [4.78, 5) is 13.2. The number of halogens is 3. The van der Waals surface area contributed by atoms with Crippen molar-refractivity contribution < 1.29 is 18.4 Å². The predicted octanol–water partition coefficient (Wildman–Crippen LogP) is 4.02. The highest BCUT2D eigenvalue weighted by molar-refractivity contribution is 6.29. The largest absolute Gasteiger partial charge is 0.454 e. The molecule has 0 fully saturated rings. The molecule has 0 atom stereocenters. The summed E-state index contributed by atoms with van der Waals surface area (Å²) in [6, 6.07) is 2.40. The van der Waals surface area contributed by atoms with E-state index in [1.807, 2.05) is 0 Å². The summed E-state index contributed by atoms with van der Waals surface area (Å²) in [7, 11) is 0. The molecule has 0 bridgehead atoms. The van der Waals surface area contributed by atoms with Crippen molar-refractivity contribution in [2.24, 2.45) is 0 Å². The third kappa shape index (κ3) is 2.83. The van der Waals surface area contributed by atoms with Gasteiger partial charge in [-0.25, -0.2) is 9.37 Å². The molecular weight excluding hydrogens is 294 g/mol. The van der Waals surface area contributed by atoms with Gasteiger partial charge < -0.3 is 4.74 Å². The Hall–Kier alpha value is -2.28. The van der Waals surface area contributed by atoms with Crippen molar-refractivity contribution in [2.75, 3.05) is 0 Å². The number of nitro benzene ring substituents is 1. The molecule has 0 aliphatic rings. The fourth-order valence-electron chi connectivity index (χ4n) is 1.45. The number of hydrogen-bond acceptors (Lipinski definition) is 4. The van der Waals surface area contributed by atoms with Gasteiger partial charge in [0, 0.05) is 23.9 Å². The lowest BCUT2D eigenvalue weighted by atomic mass is 10.2. The molecule has 0 saturated heterocycles. The van der Waals surface area contributed by atoms with Crippen molar-refractivity contribution in [1.29, 1.82) is 0 Å². The van der Waals surface area contributed by atoms with Crippen molar-refractivity contribution in [3.05, 3.63) is 56.9 Å². The van der Waals surface area contributed by atoms with E-state index in [0.717, 1.165) is 0 Å². The first-order chi connectivity index (χ1) is 9.38. The van der Waals surface area contributed by atoms with Crippen LogP contribution < -0.4 is 4.74 Å². The highest BCUT2D eigenvalue weighted by atomic mass is 35.5. The molecular formula is C12H7ClF2N2O3. The van der Waals surface area contributed by atoms with Gasteiger partial charge in [-0.2, -0.15) is 4.39 Å². The van der Waals surface area contributed by atoms with Crippen LogP contribution in [0, 0.1) is 28.7 Å². The van der Waals surface area contributed by atoms with Gasteiger partial charge in [0.2, 0.25) is 5.82 Å². The third-order valence-corrected chi connectivity index (χ3v) is 2.65. The lowest BCUT2D eigenvalue weighted by Crippen LogP contribution is -1.97. The van der Waals surface area contributed by atoms with Gasteiger partial charge in [0.25, 0.3) is 0 Å². The average molecular weight is 301 g/mol. The maximum absolute atomic E-state index is 13.7. The second-order valence-corrected chi connectivity index (χ2v) is 4.25. The Morgan fingerprint density at radius 2 is 1.95 bits per heavy atom. The van der Waals surface area contributed by atoms with E-state index in [9.17, 15) is 18.9 Å². The zero-order valence-electron chi connectivity index (χ0n) is 10.1. The summed E-state index contributed by atoms with van der Waals surface area (Å²) in [5.74, 6) is -2.54. The van der Waals surface area contributed by atoms with Gasteiger partial charge in [-0.1, -0.05) is 11.6 Å². The van der Waals surface area contributed by atoms with Gasteiger partial charge in [0.05, 0.1) is 11.0 Å². The van der Waals surface area contributed by atoms with E-state index in [1.54, 1.807) is 6.92 Å². The van der Waals surface area contributed by atoms with Crippen LogP contribution in [0.25, 0.3) is 0 Å². The van der Waals surface area contributed by atoms with Crippen LogP contribution in [0.2, 0.25) is 5.15 Å². The minimum absolute atomic E-state index is 0.119.